The molecule has 0 spiro atoms. The van der Waals surface area contributed by atoms with Crippen molar-refractivity contribution in [2.24, 2.45) is 5.92 Å². The van der Waals surface area contributed by atoms with Gasteiger partial charge in [-0.05, 0) is 32.3 Å². The van der Waals surface area contributed by atoms with Gasteiger partial charge in [0.1, 0.15) is 11.6 Å². The highest BCUT2D eigenvalue weighted by atomic mass is 15.2. The second kappa shape index (κ2) is 5.62. The molecule has 0 aliphatic carbocycles. The number of hydrogen-bond acceptors (Lipinski definition) is 4. The molecule has 17 heavy (non-hydrogen) atoms. The zero-order chi connectivity index (χ0) is 13.0. The average molecular weight is 232 g/mol. The van der Waals surface area contributed by atoms with Crippen LogP contribution in [0.5, 0.6) is 0 Å². The molecular formula is C13H20N4. The molecule has 4 heteroatoms. The number of nitriles is 1. The number of rotatable bonds is 4. The average Bonchev–Trinajstić information content (AvgIpc) is 2.33. The lowest BCUT2D eigenvalue weighted by atomic mass is 10.0. The van der Waals surface area contributed by atoms with Crippen LogP contribution < -0.4 is 5.32 Å². The van der Waals surface area contributed by atoms with Gasteiger partial charge < -0.3 is 5.32 Å². The van der Waals surface area contributed by atoms with E-state index in [-0.39, 0.29) is 6.04 Å². The highest BCUT2D eigenvalue weighted by Crippen LogP contribution is 2.20. The molecule has 2 unspecified atom stereocenters. The van der Waals surface area contributed by atoms with E-state index in [1.54, 1.807) is 0 Å². The third-order valence-corrected chi connectivity index (χ3v) is 3.43. The van der Waals surface area contributed by atoms with Gasteiger partial charge in [-0.15, -0.1) is 5.10 Å². The topological polar surface area (TPSA) is 61.6 Å². The quantitative estimate of drug-likeness (QED) is 0.867. The molecule has 92 valence electrons. The fourth-order valence-corrected chi connectivity index (χ4v) is 1.56. The first-order valence-corrected chi connectivity index (χ1v) is 6.01. The fraction of sp³-hybridized carbons (Fsp3) is 0.615. The van der Waals surface area contributed by atoms with E-state index in [4.69, 9.17) is 0 Å². The monoisotopic (exact) mass is 232 g/mol. The maximum Gasteiger partial charge on any atom is 0.167 e. The molecule has 0 bridgehead atoms. The minimum absolute atomic E-state index is 0.281. The summed E-state index contributed by atoms with van der Waals surface area (Å²) in [5.41, 5.74) is 2.32. The Labute approximate surface area is 103 Å². The van der Waals surface area contributed by atoms with Crippen LogP contribution in [-0.2, 0) is 0 Å². The molecule has 0 amide bonds. The van der Waals surface area contributed by atoms with Gasteiger partial charge >= 0.3 is 0 Å². The van der Waals surface area contributed by atoms with Crippen LogP contribution in [0, 0.1) is 31.1 Å². The molecule has 0 aromatic carbocycles. The standard InChI is InChI=1S/C13H20N4/c1-6-8(2)10(4)15-13-12(7-14)9(3)11(5)16-17-13/h8,10H,6H2,1-5H3,(H,15,17). The van der Waals surface area contributed by atoms with Crippen molar-refractivity contribution in [1.29, 1.82) is 5.26 Å². The van der Waals surface area contributed by atoms with Crippen LogP contribution in [0.4, 0.5) is 5.82 Å². The van der Waals surface area contributed by atoms with Crippen LogP contribution in [-0.4, -0.2) is 16.2 Å². The Balaban J connectivity index is 3.00. The predicted octanol–water partition coefficient (Wildman–Crippen LogP) is 2.81. The summed E-state index contributed by atoms with van der Waals surface area (Å²) in [6, 6.07) is 2.48. The first-order valence-electron chi connectivity index (χ1n) is 6.01. The second-order valence-electron chi connectivity index (χ2n) is 4.56. The summed E-state index contributed by atoms with van der Waals surface area (Å²) in [4.78, 5) is 0. The van der Waals surface area contributed by atoms with Crippen molar-refractivity contribution in [2.45, 2.75) is 47.1 Å². The number of hydrogen-bond donors (Lipinski definition) is 1. The summed E-state index contributed by atoms with van der Waals surface area (Å²) in [7, 11) is 0. The smallest absolute Gasteiger partial charge is 0.167 e. The summed E-state index contributed by atoms with van der Waals surface area (Å²) in [5.74, 6) is 1.13. The Morgan fingerprint density at radius 2 is 1.94 bits per heavy atom. The highest BCUT2D eigenvalue weighted by molar-refractivity contribution is 5.56. The van der Waals surface area contributed by atoms with Gasteiger partial charge in [0, 0.05) is 6.04 Å². The van der Waals surface area contributed by atoms with E-state index in [1.165, 1.54) is 0 Å². The maximum atomic E-state index is 9.17. The molecule has 0 aliphatic heterocycles. The van der Waals surface area contributed by atoms with E-state index < -0.39 is 0 Å². The molecule has 0 fully saturated rings. The van der Waals surface area contributed by atoms with Crippen LogP contribution in [0.15, 0.2) is 0 Å². The molecule has 4 nitrogen and oxygen atoms in total. The lowest BCUT2D eigenvalue weighted by Gasteiger charge is -2.21. The van der Waals surface area contributed by atoms with E-state index in [9.17, 15) is 5.26 Å². The number of anilines is 1. The van der Waals surface area contributed by atoms with Crippen molar-refractivity contribution in [3.8, 4) is 6.07 Å². The van der Waals surface area contributed by atoms with Crippen molar-refractivity contribution < 1.29 is 0 Å². The van der Waals surface area contributed by atoms with Gasteiger partial charge in [-0.3, -0.25) is 0 Å². The van der Waals surface area contributed by atoms with Gasteiger partial charge in [-0.1, -0.05) is 20.3 Å². The third-order valence-electron chi connectivity index (χ3n) is 3.43. The number of aryl methyl sites for hydroxylation is 1. The summed E-state index contributed by atoms with van der Waals surface area (Å²) < 4.78 is 0. The van der Waals surface area contributed by atoms with Crippen molar-refractivity contribution >= 4 is 5.82 Å². The number of aromatic nitrogens is 2. The van der Waals surface area contributed by atoms with Gasteiger partial charge in [0.2, 0.25) is 0 Å². The lowest BCUT2D eigenvalue weighted by molar-refractivity contribution is 0.493. The summed E-state index contributed by atoms with van der Waals surface area (Å²) in [5, 5.41) is 20.6. The molecule has 0 aliphatic rings. The lowest BCUT2D eigenvalue weighted by Crippen LogP contribution is -2.25. The molecule has 1 heterocycles. The van der Waals surface area contributed by atoms with E-state index in [2.05, 4.69) is 42.4 Å². The molecule has 0 radical (unpaired) electrons. The normalized spacial score (nSPS) is 13.9. The zero-order valence-corrected chi connectivity index (χ0v) is 11.2. The molecule has 2 atom stereocenters. The van der Waals surface area contributed by atoms with Gasteiger partial charge in [0.25, 0.3) is 0 Å². The Kier molecular flexibility index (Phi) is 4.45. The van der Waals surface area contributed by atoms with E-state index >= 15 is 0 Å². The Morgan fingerprint density at radius 3 is 2.47 bits per heavy atom. The first kappa shape index (κ1) is 13.4. The van der Waals surface area contributed by atoms with Crippen LogP contribution in [0.3, 0.4) is 0 Å². The minimum atomic E-state index is 0.281. The minimum Gasteiger partial charge on any atom is -0.365 e. The third kappa shape index (κ3) is 2.94. The van der Waals surface area contributed by atoms with Crippen molar-refractivity contribution in [3.63, 3.8) is 0 Å². The Bertz CT molecular complexity index is 434. The Morgan fingerprint density at radius 1 is 1.29 bits per heavy atom. The van der Waals surface area contributed by atoms with Crippen molar-refractivity contribution in [1.82, 2.24) is 10.2 Å². The fourth-order valence-electron chi connectivity index (χ4n) is 1.56. The van der Waals surface area contributed by atoms with Gasteiger partial charge in [0.15, 0.2) is 5.82 Å². The van der Waals surface area contributed by atoms with Gasteiger partial charge in [-0.2, -0.15) is 10.4 Å². The van der Waals surface area contributed by atoms with Gasteiger partial charge in [0.05, 0.1) is 5.69 Å². The maximum absolute atomic E-state index is 9.17. The molecule has 0 saturated heterocycles. The first-order chi connectivity index (χ1) is 8.01. The van der Waals surface area contributed by atoms with Crippen molar-refractivity contribution in [3.05, 3.63) is 16.8 Å². The summed E-state index contributed by atoms with van der Waals surface area (Å²) in [6.07, 6.45) is 1.09. The summed E-state index contributed by atoms with van der Waals surface area (Å²) in [6.45, 7) is 10.2. The molecular weight excluding hydrogens is 212 g/mol. The molecule has 0 saturated carbocycles. The molecule has 1 N–H and O–H groups in total. The van der Waals surface area contributed by atoms with Crippen LogP contribution in [0.25, 0.3) is 0 Å². The number of nitrogens with zero attached hydrogens (tertiary/aromatic N) is 3. The van der Waals surface area contributed by atoms with Gasteiger partial charge in [-0.25, -0.2) is 0 Å². The van der Waals surface area contributed by atoms with E-state index in [0.717, 1.165) is 17.7 Å². The van der Waals surface area contributed by atoms with Crippen LogP contribution >= 0.6 is 0 Å². The zero-order valence-electron chi connectivity index (χ0n) is 11.2. The molecule has 1 rings (SSSR count). The van der Waals surface area contributed by atoms with E-state index in [1.807, 2.05) is 13.8 Å². The van der Waals surface area contributed by atoms with Crippen LogP contribution in [0.1, 0.15) is 44.0 Å². The second-order valence-corrected chi connectivity index (χ2v) is 4.56. The van der Waals surface area contributed by atoms with Crippen LogP contribution in [0.2, 0.25) is 0 Å². The SMILES string of the molecule is CCC(C)C(C)Nc1nnc(C)c(C)c1C#N. The molecule has 1 aromatic heterocycles. The van der Waals surface area contributed by atoms with Crippen molar-refractivity contribution in [2.75, 3.05) is 5.32 Å². The molecule has 1 aromatic rings. The van der Waals surface area contributed by atoms with E-state index in [0.29, 0.717) is 17.3 Å². The largest absolute Gasteiger partial charge is 0.365 e. The Hall–Kier alpha value is -1.63. The highest BCUT2D eigenvalue weighted by Gasteiger charge is 2.15. The number of nitrogens with one attached hydrogen (secondary N) is 1. The summed E-state index contributed by atoms with van der Waals surface area (Å²) >= 11 is 0. The predicted molar refractivity (Wildman–Crippen MR) is 68.8 cm³/mol.